The van der Waals surface area contributed by atoms with Crippen LogP contribution in [-0.2, 0) is 11.2 Å². The molecule has 0 spiro atoms. The molecule has 1 aromatic carbocycles. The van der Waals surface area contributed by atoms with Gasteiger partial charge in [0.05, 0.1) is 6.61 Å². The summed E-state index contributed by atoms with van der Waals surface area (Å²) in [6.45, 7) is 1.47. The lowest BCUT2D eigenvalue weighted by molar-refractivity contribution is 0.0450. The van der Waals surface area contributed by atoms with Crippen molar-refractivity contribution in [3.63, 3.8) is 0 Å². The zero-order chi connectivity index (χ0) is 12.3. The second-order valence-corrected chi connectivity index (χ2v) is 4.59. The van der Waals surface area contributed by atoms with Crippen molar-refractivity contribution in [2.24, 2.45) is 11.7 Å². The predicted molar refractivity (Wildman–Crippen MR) is 61.6 cm³/mol. The van der Waals surface area contributed by atoms with E-state index in [1.807, 2.05) is 0 Å². The lowest BCUT2D eigenvalue weighted by Gasteiger charge is -2.27. The molecule has 94 valence electrons. The van der Waals surface area contributed by atoms with Gasteiger partial charge < -0.3 is 10.5 Å². The molecule has 0 radical (unpaired) electrons. The molecule has 1 saturated heterocycles. The van der Waals surface area contributed by atoms with Gasteiger partial charge in [0, 0.05) is 12.6 Å². The molecule has 0 aliphatic carbocycles. The first-order valence-electron chi connectivity index (χ1n) is 5.94. The monoisotopic (exact) mass is 241 g/mol. The van der Waals surface area contributed by atoms with E-state index in [4.69, 9.17) is 10.5 Å². The fourth-order valence-electron chi connectivity index (χ4n) is 2.21. The van der Waals surface area contributed by atoms with Gasteiger partial charge in [-0.15, -0.1) is 0 Å². The Bertz CT molecular complexity index is 378. The molecule has 17 heavy (non-hydrogen) atoms. The topological polar surface area (TPSA) is 35.2 Å². The van der Waals surface area contributed by atoms with Crippen LogP contribution in [0.5, 0.6) is 0 Å². The largest absolute Gasteiger partial charge is 0.381 e. The van der Waals surface area contributed by atoms with Gasteiger partial charge in [0.1, 0.15) is 0 Å². The Balaban J connectivity index is 1.96. The Morgan fingerprint density at radius 3 is 2.82 bits per heavy atom. The van der Waals surface area contributed by atoms with Crippen LogP contribution in [0.2, 0.25) is 0 Å². The molecule has 1 aromatic rings. The molecule has 4 heteroatoms. The van der Waals surface area contributed by atoms with Gasteiger partial charge in [-0.25, -0.2) is 8.78 Å². The van der Waals surface area contributed by atoms with Gasteiger partial charge in [0.15, 0.2) is 11.6 Å². The Kier molecular flexibility index (Phi) is 4.07. The first kappa shape index (κ1) is 12.5. The number of halogens is 2. The highest BCUT2D eigenvalue weighted by atomic mass is 19.2. The van der Waals surface area contributed by atoms with E-state index in [9.17, 15) is 8.78 Å². The first-order chi connectivity index (χ1) is 8.16. The van der Waals surface area contributed by atoms with Crippen molar-refractivity contribution in [1.29, 1.82) is 0 Å². The number of benzene rings is 1. The fraction of sp³-hybridized carbons (Fsp3) is 0.538. The molecule has 0 aromatic heterocycles. The maximum Gasteiger partial charge on any atom is 0.159 e. The van der Waals surface area contributed by atoms with Gasteiger partial charge >= 0.3 is 0 Å². The molecule has 2 rings (SSSR count). The highest BCUT2D eigenvalue weighted by Gasteiger charge is 2.21. The summed E-state index contributed by atoms with van der Waals surface area (Å²) in [7, 11) is 0. The van der Waals surface area contributed by atoms with E-state index in [1.54, 1.807) is 6.07 Å². The molecule has 0 saturated carbocycles. The summed E-state index contributed by atoms with van der Waals surface area (Å²) in [5, 5.41) is 0. The fourth-order valence-corrected chi connectivity index (χ4v) is 2.21. The van der Waals surface area contributed by atoms with Crippen molar-refractivity contribution in [2.45, 2.75) is 25.3 Å². The van der Waals surface area contributed by atoms with Crippen molar-refractivity contribution < 1.29 is 13.5 Å². The van der Waals surface area contributed by atoms with E-state index in [0.29, 0.717) is 18.9 Å². The highest BCUT2D eigenvalue weighted by molar-refractivity contribution is 5.19. The summed E-state index contributed by atoms with van der Waals surface area (Å²) < 4.78 is 31.2. The minimum atomic E-state index is -0.816. The van der Waals surface area contributed by atoms with Crippen molar-refractivity contribution in [3.05, 3.63) is 35.4 Å². The van der Waals surface area contributed by atoms with E-state index in [1.165, 1.54) is 6.07 Å². The van der Waals surface area contributed by atoms with Crippen molar-refractivity contribution >= 4 is 0 Å². The quantitative estimate of drug-likeness (QED) is 0.881. The predicted octanol–water partition coefficient (Wildman–Crippen LogP) is 2.26. The van der Waals surface area contributed by atoms with Crippen LogP contribution in [0.1, 0.15) is 18.4 Å². The van der Waals surface area contributed by atoms with Gasteiger partial charge in [-0.1, -0.05) is 6.07 Å². The van der Waals surface area contributed by atoms with Gasteiger partial charge in [-0.3, -0.25) is 0 Å². The highest BCUT2D eigenvalue weighted by Crippen LogP contribution is 2.19. The van der Waals surface area contributed by atoms with Gasteiger partial charge in [0.25, 0.3) is 0 Å². The number of ether oxygens (including phenoxy) is 1. The maximum atomic E-state index is 13.0. The van der Waals surface area contributed by atoms with Crippen LogP contribution < -0.4 is 5.73 Å². The van der Waals surface area contributed by atoms with Crippen LogP contribution in [0.15, 0.2) is 18.2 Å². The number of hydrogen-bond donors (Lipinski definition) is 1. The SMILES string of the molecule is NC(Cc1ccc(F)c(F)c1)C1CCCOC1. The summed E-state index contributed by atoms with van der Waals surface area (Å²) in [4.78, 5) is 0. The smallest absolute Gasteiger partial charge is 0.159 e. The summed E-state index contributed by atoms with van der Waals surface area (Å²) in [6, 6.07) is 3.90. The molecule has 2 unspecified atom stereocenters. The zero-order valence-corrected chi connectivity index (χ0v) is 9.66. The molecular weight excluding hydrogens is 224 g/mol. The third-order valence-electron chi connectivity index (χ3n) is 3.26. The van der Waals surface area contributed by atoms with Crippen LogP contribution in [-0.4, -0.2) is 19.3 Å². The molecule has 1 aliphatic heterocycles. The van der Waals surface area contributed by atoms with Gasteiger partial charge in [-0.2, -0.15) is 0 Å². The van der Waals surface area contributed by atoms with Crippen molar-refractivity contribution in [2.75, 3.05) is 13.2 Å². The molecule has 0 bridgehead atoms. The Labute approximate surface area is 99.8 Å². The van der Waals surface area contributed by atoms with Crippen molar-refractivity contribution in [1.82, 2.24) is 0 Å². The summed E-state index contributed by atoms with van der Waals surface area (Å²) in [6.07, 6.45) is 2.63. The number of rotatable bonds is 3. The van der Waals surface area contributed by atoms with E-state index >= 15 is 0 Å². The first-order valence-corrected chi connectivity index (χ1v) is 5.94. The molecule has 0 amide bonds. The molecule has 1 aliphatic rings. The Morgan fingerprint density at radius 2 is 2.18 bits per heavy atom. The molecule has 2 nitrogen and oxygen atoms in total. The van der Waals surface area contributed by atoms with E-state index < -0.39 is 11.6 Å². The molecule has 1 fully saturated rings. The normalized spacial score (nSPS) is 22.4. The lowest BCUT2D eigenvalue weighted by atomic mass is 9.90. The number of hydrogen-bond acceptors (Lipinski definition) is 2. The molecule has 2 atom stereocenters. The maximum absolute atomic E-state index is 13.0. The second-order valence-electron chi connectivity index (χ2n) is 4.59. The van der Waals surface area contributed by atoms with Gasteiger partial charge in [0.2, 0.25) is 0 Å². The standard InChI is InChI=1S/C13H17F2NO/c14-11-4-3-9(6-12(11)15)7-13(16)10-2-1-5-17-8-10/h3-4,6,10,13H,1-2,5,7-8,16H2. The average Bonchev–Trinajstić information content (AvgIpc) is 2.35. The van der Waals surface area contributed by atoms with E-state index in [2.05, 4.69) is 0 Å². The van der Waals surface area contributed by atoms with Crippen LogP contribution in [0, 0.1) is 17.6 Å². The second kappa shape index (κ2) is 5.56. The molecule has 1 heterocycles. The summed E-state index contributed by atoms with van der Waals surface area (Å²) in [5.74, 6) is -1.31. The average molecular weight is 241 g/mol. The third kappa shape index (κ3) is 3.23. The molecule has 2 N–H and O–H groups in total. The minimum absolute atomic E-state index is 0.0554. The minimum Gasteiger partial charge on any atom is -0.381 e. The van der Waals surface area contributed by atoms with E-state index in [0.717, 1.165) is 31.1 Å². The third-order valence-corrected chi connectivity index (χ3v) is 3.26. The van der Waals surface area contributed by atoms with Gasteiger partial charge in [-0.05, 0) is 42.9 Å². The lowest BCUT2D eigenvalue weighted by Crippen LogP contribution is -2.37. The van der Waals surface area contributed by atoms with E-state index in [-0.39, 0.29) is 6.04 Å². The summed E-state index contributed by atoms with van der Waals surface area (Å²) in [5.41, 5.74) is 6.81. The zero-order valence-electron chi connectivity index (χ0n) is 9.66. The summed E-state index contributed by atoms with van der Waals surface area (Å²) >= 11 is 0. The number of nitrogens with two attached hydrogens (primary N) is 1. The van der Waals surface area contributed by atoms with Crippen molar-refractivity contribution in [3.8, 4) is 0 Å². The van der Waals surface area contributed by atoms with Crippen LogP contribution in [0.3, 0.4) is 0 Å². The van der Waals surface area contributed by atoms with Crippen LogP contribution in [0.25, 0.3) is 0 Å². The Hall–Kier alpha value is -1.00. The molecular formula is C13H17F2NO. The van der Waals surface area contributed by atoms with Crippen LogP contribution in [0.4, 0.5) is 8.78 Å². The Morgan fingerprint density at radius 1 is 1.35 bits per heavy atom. The van der Waals surface area contributed by atoms with Crippen LogP contribution >= 0.6 is 0 Å².